The van der Waals surface area contributed by atoms with Gasteiger partial charge in [-0.2, -0.15) is 0 Å². The van der Waals surface area contributed by atoms with Gasteiger partial charge in [0, 0.05) is 56.3 Å². The number of fused-ring (bicyclic) bond motifs is 2. The molecule has 2 aliphatic rings. The van der Waals surface area contributed by atoms with Crippen LogP contribution in [0.15, 0.2) is 41.2 Å². The highest BCUT2D eigenvalue weighted by atomic mass is 16.7. The van der Waals surface area contributed by atoms with Crippen LogP contribution in [0.2, 0.25) is 0 Å². The van der Waals surface area contributed by atoms with E-state index in [1.807, 2.05) is 25.1 Å². The molecule has 39 heavy (non-hydrogen) atoms. The molecule has 0 spiro atoms. The Balaban J connectivity index is 1.30. The molecule has 4 aromatic rings. The van der Waals surface area contributed by atoms with Crippen molar-refractivity contribution in [3.63, 3.8) is 0 Å². The van der Waals surface area contributed by atoms with E-state index < -0.39 is 6.04 Å². The van der Waals surface area contributed by atoms with E-state index in [2.05, 4.69) is 55.4 Å². The van der Waals surface area contributed by atoms with E-state index in [1.165, 1.54) is 5.56 Å². The number of hydrogen-bond donors (Lipinski definition) is 1. The van der Waals surface area contributed by atoms with Crippen molar-refractivity contribution < 1.29 is 14.2 Å². The lowest BCUT2D eigenvalue weighted by molar-refractivity contribution is 0.0984. The van der Waals surface area contributed by atoms with Crippen molar-refractivity contribution in [1.29, 1.82) is 0 Å². The minimum absolute atomic E-state index is 0.124. The summed E-state index contributed by atoms with van der Waals surface area (Å²) in [5, 5.41) is 13.6. The molecule has 4 heterocycles. The molecule has 2 aromatic carbocycles. The topological polar surface area (TPSA) is 111 Å². The molecule has 2 aliphatic heterocycles. The maximum absolute atomic E-state index is 13.5. The summed E-state index contributed by atoms with van der Waals surface area (Å²) in [4.78, 5) is 21.4. The van der Waals surface area contributed by atoms with Gasteiger partial charge in [-0.15, -0.1) is 5.10 Å². The van der Waals surface area contributed by atoms with E-state index in [9.17, 15) is 4.79 Å². The van der Waals surface area contributed by atoms with Crippen LogP contribution in [0.3, 0.4) is 0 Å². The minimum Gasteiger partial charge on any atom is -0.454 e. The number of nitrogens with one attached hydrogen (secondary N) is 1. The second-order valence-electron chi connectivity index (χ2n) is 10.3. The fraction of sp³-hybridized carbons (Fsp3) is 0.429. The number of benzene rings is 2. The number of piperazine rings is 1. The fourth-order valence-corrected chi connectivity index (χ4v) is 5.61. The predicted molar refractivity (Wildman–Crippen MR) is 145 cm³/mol. The normalized spacial score (nSPS) is 16.7. The van der Waals surface area contributed by atoms with Gasteiger partial charge < -0.3 is 19.2 Å². The standard InChI is InChI=1S/C28H33N7O4/c1-18-12-19(2)21-15-22(28(36)29-23(21)13-18)26(27-30-31-32-35(27)10-11-37-3)34-8-6-33(7-9-34)16-20-4-5-24-25(14-20)39-17-38-24/h4-5,12-15,26H,6-11,16-17H2,1-3H3,(H,29,36)/t26-/m0/s1. The van der Waals surface area contributed by atoms with Gasteiger partial charge in [0.1, 0.15) is 6.04 Å². The van der Waals surface area contributed by atoms with Gasteiger partial charge in [0.2, 0.25) is 6.79 Å². The van der Waals surface area contributed by atoms with Crippen LogP contribution in [-0.2, 0) is 17.8 Å². The van der Waals surface area contributed by atoms with E-state index >= 15 is 0 Å². The number of hydrogen-bond acceptors (Lipinski definition) is 9. The molecule has 0 bridgehead atoms. The van der Waals surface area contributed by atoms with Crippen LogP contribution in [-0.4, -0.2) is 81.7 Å². The predicted octanol–water partition coefficient (Wildman–Crippen LogP) is 2.41. The number of tetrazole rings is 1. The Labute approximate surface area is 226 Å². The summed E-state index contributed by atoms with van der Waals surface area (Å²) in [6, 6.07) is 11.9. The van der Waals surface area contributed by atoms with Crippen molar-refractivity contribution >= 4 is 10.9 Å². The van der Waals surface area contributed by atoms with Crippen LogP contribution in [0, 0.1) is 13.8 Å². The second-order valence-corrected chi connectivity index (χ2v) is 10.3. The van der Waals surface area contributed by atoms with Crippen molar-refractivity contribution in [3.05, 3.63) is 74.8 Å². The molecule has 1 saturated heterocycles. The van der Waals surface area contributed by atoms with Crippen LogP contribution in [0.5, 0.6) is 11.5 Å². The molecule has 1 fully saturated rings. The number of aryl methyl sites for hydroxylation is 2. The molecule has 0 aliphatic carbocycles. The van der Waals surface area contributed by atoms with Gasteiger partial charge in [-0.05, 0) is 65.2 Å². The van der Waals surface area contributed by atoms with E-state index in [0.29, 0.717) is 24.5 Å². The van der Waals surface area contributed by atoms with Crippen molar-refractivity contribution in [1.82, 2.24) is 35.0 Å². The Morgan fingerprint density at radius 1 is 1.05 bits per heavy atom. The molecule has 6 rings (SSSR count). The summed E-state index contributed by atoms with van der Waals surface area (Å²) >= 11 is 0. The van der Waals surface area contributed by atoms with Crippen molar-refractivity contribution in [3.8, 4) is 11.5 Å². The Kier molecular flexibility index (Phi) is 7.03. The van der Waals surface area contributed by atoms with Crippen LogP contribution < -0.4 is 15.0 Å². The number of methoxy groups -OCH3 is 1. The fourth-order valence-electron chi connectivity index (χ4n) is 5.61. The van der Waals surface area contributed by atoms with Gasteiger partial charge in [0.15, 0.2) is 17.3 Å². The van der Waals surface area contributed by atoms with Crippen molar-refractivity contribution in [2.45, 2.75) is 33.0 Å². The summed E-state index contributed by atoms with van der Waals surface area (Å²) in [5.41, 5.74) is 4.78. The largest absolute Gasteiger partial charge is 0.454 e. The SMILES string of the molecule is COCCn1nnnc1[C@H](c1cc2c(C)cc(C)cc2[nH]c1=O)N1CCN(Cc2ccc3c(c2)OCO3)CC1. The quantitative estimate of drug-likeness (QED) is 0.366. The molecule has 0 saturated carbocycles. The molecular formula is C28H33N7O4. The third-order valence-electron chi connectivity index (χ3n) is 7.56. The number of rotatable bonds is 8. The first-order chi connectivity index (χ1) is 19.0. The van der Waals surface area contributed by atoms with Crippen LogP contribution in [0.25, 0.3) is 10.9 Å². The first-order valence-electron chi connectivity index (χ1n) is 13.2. The maximum atomic E-state index is 13.5. The molecular weight excluding hydrogens is 498 g/mol. The van der Waals surface area contributed by atoms with E-state index in [1.54, 1.807) is 11.8 Å². The van der Waals surface area contributed by atoms with E-state index in [4.69, 9.17) is 14.2 Å². The molecule has 204 valence electrons. The number of aromatic amines is 1. The first kappa shape index (κ1) is 25.5. The number of aromatic nitrogens is 5. The van der Waals surface area contributed by atoms with Crippen LogP contribution >= 0.6 is 0 Å². The third kappa shape index (κ3) is 5.12. The Bertz CT molecular complexity index is 1540. The average molecular weight is 532 g/mol. The van der Waals surface area contributed by atoms with E-state index in [0.717, 1.165) is 66.3 Å². The zero-order valence-corrected chi connectivity index (χ0v) is 22.5. The lowest BCUT2D eigenvalue weighted by Crippen LogP contribution is -2.48. The van der Waals surface area contributed by atoms with Gasteiger partial charge in [0.05, 0.1) is 13.2 Å². The molecule has 11 nitrogen and oxygen atoms in total. The molecule has 2 aromatic heterocycles. The zero-order valence-electron chi connectivity index (χ0n) is 22.5. The molecule has 1 N–H and O–H groups in total. The van der Waals surface area contributed by atoms with Gasteiger partial charge in [-0.25, -0.2) is 4.68 Å². The van der Waals surface area contributed by atoms with Gasteiger partial charge in [0.25, 0.3) is 5.56 Å². The number of pyridine rings is 1. The Hall–Kier alpha value is -3.80. The van der Waals surface area contributed by atoms with Gasteiger partial charge in [-0.1, -0.05) is 12.1 Å². The number of ether oxygens (including phenoxy) is 3. The maximum Gasteiger partial charge on any atom is 0.253 e. The Morgan fingerprint density at radius 3 is 2.69 bits per heavy atom. The minimum atomic E-state index is -0.390. The molecule has 0 unspecified atom stereocenters. The lowest BCUT2D eigenvalue weighted by atomic mass is 9.99. The number of H-pyrrole nitrogens is 1. The molecule has 11 heteroatoms. The summed E-state index contributed by atoms with van der Waals surface area (Å²) in [6.07, 6.45) is 0. The highest BCUT2D eigenvalue weighted by Gasteiger charge is 2.33. The summed E-state index contributed by atoms with van der Waals surface area (Å²) in [7, 11) is 1.65. The molecule has 0 radical (unpaired) electrons. The highest BCUT2D eigenvalue weighted by molar-refractivity contribution is 5.83. The molecule has 1 atom stereocenters. The van der Waals surface area contributed by atoms with Crippen LogP contribution in [0.4, 0.5) is 0 Å². The second kappa shape index (κ2) is 10.8. The summed E-state index contributed by atoms with van der Waals surface area (Å²) in [5.74, 6) is 2.24. The number of nitrogens with zero attached hydrogens (tertiary/aromatic N) is 6. The Morgan fingerprint density at radius 2 is 1.87 bits per heavy atom. The summed E-state index contributed by atoms with van der Waals surface area (Å²) < 4.78 is 18.0. The van der Waals surface area contributed by atoms with Crippen molar-refractivity contribution in [2.24, 2.45) is 0 Å². The lowest BCUT2D eigenvalue weighted by Gasteiger charge is -2.38. The van der Waals surface area contributed by atoms with E-state index in [-0.39, 0.29) is 12.4 Å². The third-order valence-corrected chi connectivity index (χ3v) is 7.56. The summed E-state index contributed by atoms with van der Waals surface area (Å²) in [6.45, 7) is 9.38. The monoisotopic (exact) mass is 531 g/mol. The van der Waals surface area contributed by atoms with Crippen molar-refractivity contribution in [2.75, 3.05) is 46.7 Å². The smallest absolute Gasteiger partial charge is 0.253 e. The van der Waals surface area contributed by atoms with Gasteiger partial charge in [-0.3, -0.25) is 14.6 Å². The zero-order chi connectivity index (χ0) is 26.9. The first-order valence-corrected chi connectivity index (χ1v) is 13.2. The van der Waals surface area contributed by atoms with Crippen LogP contribution in [0.1, 0.15) is 34.1 Å². The average Bonchev–Trinajstić information content (AvgIpc) is 3.58. The van der Waals surface area contributed by atoms with Gasteiger partial charge >= 0.3 is 0 Å². The molecule has 0 amide bonds. The highest BCUT2D eigenvalue weighted by Crippen LogP contribution is 2.33.